The molecule has 1 amide bonds. The van der Waals surface area contributed by atoms with Gasteiger partial charge in [-0.25, -0.2) is 8.78 Å². The summed E-state index contributed by atoms with van der Waals surface area (Å²) in [6.45, 7) is 12.2. The van der Waals surface area contributed by atoms with E-state index in [0.717, 1.165) is 81.9 Å². The number of hydrogen-bond acceptors (Lipinski definition) is 10. The van der Waals surface area contributed by atoms with Crippen LogP contribution < -0.4 is 14.5 Å². The van der Waals surface area contributed by atoms with E-state index < -0.39 is 17.5 Å². The third-order valence-corrected chi connectivity index (χ3v) is 13.1. The second kappa shape index (κ2) is 16.4. The van der Waals surface area contributed by atoms with E-state index in [4.69, 9.17) is 25.9 Å². The molecule has 6 heterocycles. The topological polar surface area (TPSA) is 97.7 Å². The quantitative estimate of drug-likeness (QED) is 0.211. The molecule has 11 nitrogen and oxygen atoms in total. The summed E-state index contributed by atoms with van der Waals surface area (Å²) in [4.78, 5) is 33.7. The Balaban J connectivity index is 1.07. The lowest BCUT2D eigenvalue weighted by Gasteiger charge is -2.45. The maximum Gasteiger partial charge on any atom is 0.318 e. The number of aromatic hydroxyl groups is 1. The van der Waals surface area contributed by atoms with Crippen LogP contribution in [0.2, 0.25) is 0 Å². The van der Waals surface area contributed by atoms with Crippen molar-refractivity contribution in [3.05, 3.63) is 59.6 Å². The van der Waals surface area contributed by atoms with Gasteiger partial charge in [0.05, 0.1) is 23.3 Å². The number of alkyl halides is 1. The molecule has 8 rings (SSSR count). The van der Waals surface area contributed by atoms with E-state index in [9.17, 15) is 9.90 Å². The highest BCUT2D eigenvalue weighted by Crippen LogP contribution is 2.40. The molecule has 5 aliphatic heterocycles. The van der Waals surface area contributed by atoms with Gasteiger partial charge in [0.1, 0.15) is 30.2 Å². The zero-order valence-corrected chi connectivity index (χ0v) is 33.3. The fourth-order valence-electron chi connectivity index (χ4n) is 10.3. The molecule has 3 atom stereocenters. The zero-order valence-electron chi connectivity index (χ0n) is 33.3. The number of likely N-dealkylation sites (N-methyl/N-ethyl adjacent to an activating group) is 1. The molecule has 1 N–H and O–H groups in total. The second-order valence-electron chi connectivity index (χ2n) is 16.8. The van der Waals surface area contributed by atoms with Crippen molar-refractivity contribution in [2.24, 2.45) is 0 Å². The van der Waals surface area contributed by atoms with Gasteiger partial charge in [0.15, 0.2) is 0 Å². The molecule has 0 aliphatic carbocycles. The first-order valence-electron chi connectivity index (χ1n) is 20.6. The lowest BCUT2D eigenvalue weighted by atomic mass is 9.93. The highest BCUT2D eigenvalue weighted by molar-refractivity contribution is 6.00. The Labute approximate surface area is 334 Å². The fourth-order valence-corrected chi connectivity index (χ4v) is 10.3. The Kier molecular flexibility index (Phi) is 11.3. The van der Waals surface area contributed by atoms with Crippen molar-refractivity contribution in [3.8, 4) is 24.1 Å². The lowest BCUT2D eigenvalue weighted by molar-refractivity contribution is -0.126. The van der Waals surface area contributed by atoms with E-state index in [-0.39, 0.29) is 41.9 Å². The minimum Gasteiger partial charge on any atom is -0.508 e. The van der Waals surface area contributed by atoms with Crippen molar-refractivity contribution < 1.29 is 28.2 Å². The molecular weight excluding hydrogens is 729 g/mol. The number of benzene rings is 2. The van der Waals surface area contributed by atoms with Gasteiger partial charge in [0.2, 0.25) is 5.91 Å². The van der Waals surface area contributed by atoms with Crippen LogP contribution in [0.4, 0.5) is 20.3 Å². The summed E-state index contributed by atoms with van der Waals surface area (Å²) < 4.78 is 42.6. The lowest BCUT2D eigenvalue weighted by Crippen LogP contribution is -2.55. The number of phenols is 1. The predicted molar refractivity (Wildman–Crippen MR) is 217 cm³/mol. The number of aromatic nitrogens is 2. The number of carbonyl (C=O) groups is 1. The Bertz CT molecular complexity index is 2030. The van der Waals surface area contributed by atoms with E-state index in [1.165, 1.54) is 12.1 Å². The maximum absolute atomic E-state index is 15.4. The third-order valence-electron chi connectivity index (χ3n) is 13.1. The maximum atomic E-state index is 15.4. The molecule has 0 unspecified atom stereocenters. The number of likely N-dealkylation sites (tertiary alicyclic amines) is 3. The number of halogens is 2. The summed E-state index contributed by atoms with van der Waals surface area (Å²) in [6, 6.07) is 7.20. The van der Waals surface area contributed by atoms with E-state index >= 15 is 8.78 Å². The number of nitrogens with zero attached hydrogens (tertiary/aromatic N) is 7. The molecule has 0 spiro atoms. The molecule has 5 aliphatic rings. The van der Waals surface area contributed by atoms with Crippen molar-refractivity contribution in [3.63, 3.8) is 0 Å². The molecule has 0 saturated carbocycles. The van der Waals surface area contributed by atoms with Crippen LogP contribution in [0.1, 0.15) is 68.7 Å². The number of piperidine rings is 1. The van der Waals surface area contributed by atoms with E-state index in [2.05, 4.69) is 39.0 Å². The van der Waals surface area contributed by atoms with Crippen molar-refractivity contribution >= 4 is 28.2 Å². The van der Waals surface area contributed by atoms with Gasteiger partial charge in [-0.2, -0.15) is 9.97 Å². The Morgan fingerprint density at radius 1 is 1.14 bits per heavy atom. The number of rotatable bonds is 10. The average Bonchev–Trinajstić information content (AvgIpc) is 3.82. The Hall–Kier alpha value is -4.51. The molecule has 13 heteroatoms. The summed E-state index contributed by atoms with van der Waals surface area (Å²) in [6.07, 6.45) is 13.1. The number of phenolic OH excluding ortho intramolecular Hbond substituents is 1. The molecule has 4 fully saturated rings. The number of carbonyl (C=O) groups excluding carboxylic acids is 1. The van der Waals surface area contributed by atoms with Gasteiger partial charge in [0.25, 0.3) is 0 Å². The standard InChI is InChI=1S/C44H55F2N7O4/c1-5-35-37(46)10-9-29-22-34(54)23-39(41(29)35)51-19-13-36-38(27-51)47-43(48-42(36)49(4)26-33-8-7-16-52(33)40(55)6-2)57-28-44(3)24-30(45)25-53(44)32-11-17-50(18-12-32)31-14-20-56-21-15-31/h1,6,9-10,22-23,30-33,54H,2,7-8,11-21,24-28H2,3-4H3/t30-,33+,44+/m1/s1. The van der Waals surface area contributed by atoms with E-state index in [1.54, 1.807) is 18.2 Å². The van der Waals surface area contributed by atoms with Crippen molar-refractivity contribution in [1.82, 2.24) is 24.7 Å². The molecule has 2 aromatic carbocycles. The van der Waals surface area contributed by atoms with Gasteiger partial charge in [-0.1, -0.05) is 18.6 Å². The zero-order chi connectivity index (χ0) is 39.8. The van der Waals surface area contributed by atoms with Crippen LogP contribution in [0.3, 0.4) is 0 Å². The van der Waals surface area contributed by atoms with Crippen molar-refractivity contribution in [1.29, 1.82) is 0 Å². The van der Waals surface area contributed by atoms with Crippen LogP contribution in [0, 0.1) is 18.2 Å². The highest BCUT2D eigenvalue weighted by Gasteiger charge is 2.47. The van der Waals surface area contributed by atoms with Gasteiger partial charge in [-0.3, -0.25) is 9.69 Å². The SMILES string of the molecule is C#Cc1c(F)ccc2cc(O)cc(N3CCc4c(nc(OC[C@]5(C)C[C@@H](F)CN5C5CCN(C6CCOCC6)CC5)nc4N(C)C[C@@H]4CCCN4C(=O)C=C)C3)c12. The first-order valence-corrected chi connectivity index (χ1v) is 20.6. The average molecular weight is 784 g/mol. The molecule has 0 radical (unpaired) electrons. The number of fused-ring (bicyclic) bond motifs is 2. The van der Waals surface area contributed by atoms with Crippen LogP contribution >= 0.6 is 0 Å². The van der Waals surface area contributed by atoms with Gasteiger partial charge >= 0.3 is 6.01 Å². The molecule has 3 aromatic rings. The first-order chi connectivity index (χ1) is 27.5. The van der Waals surface area contributed by atoms with Crippen molar-refractivity contribution in [2.45, 2.75) is 94.7 Å². The summed E-state index contributed by atoms with van der Waals surface area (Å²) in [5, 5.41) is 12.0. The van der Waals surface area contributed by atoms with Crippen LogP contribution in [-0.4, -0.2) is 132 Å². The van der Waals surface area contributed by atoms with Crippen LogP contribution in [-0.2, 0) is 22.5 Å². The normalized spacial score (nSPS) is 25.1. The number of amides is 1. The molecule has 4 saturated heterocycles. The Morgan fingerprint density at radius 3 is 2.68 bits per heavy atom. The summed E-state index contributed by atoms with van der Waals surface area (Å²) in [5.74, 6) is 2.72. The largest absolute Gasteiger partial charge is 0.508 e. The molecule has 0 bridgehead atoms. The minimum atomic E-state index is -0.950. The minimum absolute atomic E-state index is 0.00313. The van der Waals surface area contributed by atoms with E-state index in [0.29, 0.717) is 68.1 Å². The van der Waals surface area contributed by atoms with Crippen molar-refractivity contribution in [2.75, 3.05) is 75.9 Å². The van der Waals surface area contributed by atoms with Gasteiger partial charge in [0, 0.05) is 93.7 Å². The fraction of sp³-hybridized carbons (Fsp3) is 0.568. The molecular formula is C44H55F2N7O4. The van der Waals surface area contributed by atoms with Crippen LogP contribution in [0.15, 0.2) is 36.9 Å². The van der Waals surface area contributed by atoms with Crippen LogP contribution in [0.5, 0.6) is 11.8 Å². The predicted octanol–water partition coefficient (Wildman–Crippen LogP) is 5.46. The number of hydrogen-bond donors (Lipinski definition) is 1. The number of terminal acetylenes is 1. The summed E-state index contributed by atoms with van der Waals surface area (Å²) in [5.41, 5.74) is 1.92. The smallest absolute Gasteiger partial charge is 0.318 e. The second-order valence-corrected chi connectivity index (χ2v) is 16.8. The van der Waals surface area contributed by atoms with Crippen LogP contribution in [0.25, 0.3) is 10.8 Å². The van der Waals surface area contributed by atoms with Gasteiger partial charge in [-0.15, -0.1) is 6.42 Å². The summed E-state index contributed by atoms with van der Waals surface area (Å²) in [7, 11) is 1.98. The van der Waals surface area contributed by atoms with E-state index in [1.807, 2.05) is 11.9 Å². The number of ether oxygens (including phenoxy) is 2. The monoisotopic (exact) mass is 783 g/mol. The third kappa shape index (κ3) is 7.88. The number of anilines is 2. The summed E-state index contributed by atoms with van der Waals surface area (Å²) >= 11 is 0. The molecule has 304 valence electrons. The highest BCUT2D eigenvalue weighted by atomic mass is 19.1. The molecule has 1 aromatic heterocycles. The first kappa shape index (κ1) is 39.3. The molecule has 57 heavy (non-hydrogen) atoms. The van der Waals surface area contributed by atoms with Gasteiger partial charge in [-0.05, 0) is 88.6 Å². The Morgan fingerprint density at radius 2 is 1.93 bits per heavy atom. The van der Waals surface area contributed by atoms with Gasteiger partial charge < -0.3 is 34.2 Å².